The summed E-state index contributed by atoms with van der Waals surface area (Å²) in [5.41, 5.74) is 3.96. The minimum Gasteiger partial charge on any atom is -0.357 e. The van der Waals surface area contributed by atoms with Crippen molar-refractivity contribution in [2.24, 2.45) is 4.99 Å². The molecule has 0 unspecified atom stereocenters. The van der Waals surface area contributed by atoms with Gasteiger partial charge >= 0.3 is 0 Å². The van der Waals surface area contributed by atoms with Gasteiger partial charge in [-0.25, -0.2) is 0 Å². The summed E-state index contributed by atoms with van der Waals surface area (Å²) >= 11 is 0. The van der Waals surface area contributed by atoms with E-state index in [1.165, 1.54) is 16.7 Å². The number of aromatic nitrogens is 3. The van der Waals surface area contributed by atoms with Crippen molar-refractivity contribution in [1.82, 2.24) is 25.4 Å². The fraction of sp³-hybridized carbons (Fsp3) is 0.526. The molecule has 6 heteroatoms. The van der Waals surface area contributed by atoms with Gasteiger partial charge in [-0.05, 0) is 32.8 Å². The summed E-state index contributed by atoms with van der Waals surface area (Å²) in [5.74, 6) is 1.87. The van der Waals surface area contributed by atoms with E-state index in [0.717, 1.165) is 50.8 Å². The van der Waals surface area contributed by atoms with E-state index < -0.39 is 0 Å². The van der Waals surface area contributed by atoms with E-state index in [1.54, 1.807) is 6.33 Å². The van der Waals surface area contributed by atoms with E-state index in [-0.39, 0.29) is 0 Å². The molecule has 2 rings (SSSR count). The number of hydrogen-bond donors (Lipinski definition) is 2. The number of nitrogens with one attached hydrogen (secondary N) is 2. The Balaban J connectivity index is 1.85. The lowest BCUT2D eigenvalue weighted by Gasteiger charge is -2.12. The molecule has 2 N–H and O–H groups in total. The summed E-state index contributed by atoms with van der Waals surface area (Å²) in [7, 11) is 0. The van der Waals surface area contributed by atoms with Crippen molar-refractivity contribution in [3.8, 4) is 0 Å². The molecule has 1 aromatic heterocycles. The lowest BCUT2D eigenvalue weighted by molar-refractivity contribution is 0.632. The quantitative estimate of drug-likeness (QED) is 0.570. The Kier molecular flexibility index (Phi) is 7.44. The first-order chi connectivity index (χ1) is 12.1. The third-order valence-corrected chi connectivity index (χ3v) is 3.95. The highest BCUT2D eigenvalue weighted by atomic mass is 15.3. The SMILES string of the molecule is CCNC(=NCCc1cc(C)cc(C)c1)NCCn1cnnc1CC. The normalized spacial score (nSPS) is 11.6. The second kappa shape index (κ2) is 9.81. The molecular formula is C19H30N6. The van der Waals surface area contributed by atoms with Crippen molar-refractivity contribution in [2.45, 2.75) is 47.1 Å². The molecular weight excluding hydrogens is 312 g/mol. The maximum absolute atomic E-state index is 4.68. The van der Waals surface area contributed by atoms with E-state index in [0.29, 0.717) is 0 Å². The predicted octanol–water partition coefficient (Wildman–Crippen LogP) is 2.26. The lowest BCUT2D eigenvalue weighted by atomic mass is 10.1. The van der Waals surface area contributed by atoms with Crippen LogP contribution in [-0.4, -0.2) is 40.4 Å². The predicted molar refractivity (Wildman–Crippen MR) is 103 cm³/mol. The Morgan fingerprint density at radius 1 is 1.12 bits per heavy atom. The molecule has 0 radical (unpaired) electrons. The van der Waals surface area contributed by atoms with Crippen molar-refractivity contribution in [1.29, 1.82) is 0 Å². The summed E-state index contributed by atoms with van der Waals surface area (Å²) in [4.78, 5) is 4.68. The molecule has 0 spiro atoms. The van der Waals surface area contributed by atoms with Crippen LogP contribution in [0.25, 0.3) is 0 Å². The minimum atomic E-state index is 0.769. The number of hydrogen-bond acceptors (Lipinski definition) is 3. The molecule has 1 heterocycles. The molecule has 0 amide bonds. The second-order valence-electron chi connectivity index (χ2n) is 6.23. The molecule has 0 aliphatic rings. The Labute approximate surface area is 150 Å². The van der Waals surface area contributed by atoms with Gasteiger partial charge in [0.25, 0.3) is 0 Å². The topological polar surface area (TPSA) is 67.1 Å². The molecule has 0 fully saturated rings. The van der Waals surface area contributed by atoms with Crippen LogP contribution in [0.4, 0.5) is 0 Å². The van der Waals surface area contributed by atoms with Gasteiger partial charge in [0, 0.05) is 32.6 Å². The smallest absolute Gasteiger partial charge is 0.191 e. The molecule has 0 aliphatic heterocycles. The van der Waals surface area contributed by atoms with Crippen LogP contribution in [0.1, 0.15) is 36.4 Å². The van der Waals surface area contributed by atoms with Gasteiger partial charge in [0.05, 0.1) is 0 Å². The third-order valence-electron chi connectivity index (χ3n) is 3.95. The van der Waals surface area contributed by atoms with Gasteiger partial charge in [-0.2, -0.15) is 0 Å². The number of nitrogens with zero attached hydrogens (tertiary/aromatic N) is 4. The zero-order chi connectivity index (χ0) is 18.1. The Bertz CT molecular complexity index is 669. The van der Waals surface area contributed by atoms with Crippen LogP contribution in [0.15, 0.2) is 29.5 Å². The molecule has 0 atom stereocenters. The monoisotopic (exact) mass is 342 g/mol. The van der Waals surface area contributed by atoms with Crippen LogP contribution in [0.3, 0.4) is 0 Å². The highest BCUT2D eigenvalue weighted by Gasteiger charge is 2.02. The molecule has 0 aliphatic carbocycles. The zero-order valence-corrected chi connectivity index (χ0v) is 15.8. The first-order valence-electron chi connectivity index (χ1n) is 9.08. The van der Waals surface area contributed by atoms with Gasteiger partial charge < -0.3 is 15.2 Å². The van der Waals surface area contributed by atoms with Crippen LogP contribution < -0.4 is 10.6 Å². The number of benzene rings is 1. The van der Waals surface area contributed by atoms with Crippen molar-refractivity contribution < 1.29 is 0 Å². The van der Waals surface area contributed by atoms with Gasteiger partial charge in [-0.15, -0.1) is 10.2 Å². The highest BCUT2D eigenvalue weighted by molar-refractivity contribution is 5.79. The van der Waals surface area contributed by atoms with Crippen molar-refractivity contribution in [3.05, 3.63) is 47.0 Å². The van der Waals surface area contributed by atoms with Crippen LogP contribution in [0.2, 0.25) is 0 Å². The van der Waals surface area contributed by atoms with Gasteiger partial charge in [0.15, 0.2) is 5.96 Å². The van der Waals surface area contributed by atoms with Crippen LogP contribution in [0.5, 0.6) is 0 Å². The first kappa shape index (κ1) is 19.0. The van der Waals surface area contributed by atoms with Crippen molar-refractivity contribution >= 4 is 5.96 Å². The fourth-order valence-corrected chi connectivity index (χ4v) is 2.89. The fourth-order valence-electron chi connectivity index (χ4n) is 2.89. The summed E-state index contributed by atoms with van der Waals surface area (Å²) in [6.07, 6.45) is 3.62. The average molecular weight is 342 g/mol. The van der Waals surface area contributed by atoms with Gasteiger partial charge in [0.1, 0.15) is 12.2 Å². The van der Waals surface area contributed by atoms with Crippen LogP contribution in [-0.2, 0) is 19.4 Å². The van der Waals surface area contributed by atoms with E-state index in [9.17, 15) is 0 Å². The number of rotatable bonds is 8. The molecule has 0 saturated heterocycles. The summed E-state index contributed by atoms with van der Waals surface area (Å²) in [5, 5.41) is 14.7. The van der Waals surface area contributed by atoms with Crippen LogP contribution in [0, 0.1) is 13.8 Å². The van der Waals surface area contributed by atoms with Crippen LogP contribution >= 0.6 is 0 Å². The molecule has 2 aromatic rings. The van der Waals surface area contributed by atoms with E-state index in [1.807, 2.05) is 0 Å². The van der Waals surface area contributed by atoms with Gasteiger partial charge in [-0.3, -0.25) is 4.99 Å². The Hall–Kier alpha value is -2.37. The molecule has 25 heavy (non-hydrogen) atoms. The van der Waals surface area contributed by atoms with E-state index in [2.05, 4.69) is 76.3 Å². The molecule has 1 aromatic carbocycles. The van der Waals surface area contributed by atoms with Crippen molar-refractivity contribution in [3.63, 3.8) is 0 Å². The van der Waals surface area contributed by atoms with E-state index >= 15 is 0 Å². The van der Waals surface area contributed by atoms with E-state index in [4.69, 9.17) is 0 Å². The zero-order valence-electron chi connectivity index (χ0n) is 15.8. The Morgan fingerprint density at radius 3 is 2.56 bits per heavy atom. The molecule has 6 nitrogen and oxygen atoms in total. The minimum absolute atomic E-state index is 0.769. The summed E-state index contributed by atoms with van der Waals surface area (Å²) in [6, 6.07) is 6.68. The number of aliphatic imine (C=N–C) groups is 1. The third kappa shape index (κ3) is 6.21. The largest absolute Gasteiger partial charge is 0.357 e. The molecule has 0 saturated carbocycles. The summed E-state index contributed by atoms with van der Waals surface area (Å²) in [6.45, 7) is 11.7. The molecule has 0 bridgehead atoms. The molecule has 136 valence electrons. The average Bonchev–Trinajstić information content (AvgIpc) is 3.01. The summed E-state index contributed by atoms with van der Waals surface area (Å²) < 4.78 is 2.08. The second-order valence-corrected chi connectivity index (χ2v) is 6.23. The number of guanidine groups is 1. The van der Waals surface area contributed by atoms with Gasteiger partial charge in [0.2, 0.25) is 0 Å². The standard InChI is InChI=1S/C19H30N6/c1-5-18-24-23-14-25(18)10-9-22-19(20-6-2)21-8-7-17-12-15(3)11-16(4)13-17/h11-14H,5-10H2,1-4H3,(H2,20,21,22). The first-order valence-corrected chi connectivity index (χ1v) is 9.08. The maximum Gasteiger partial charge on any atom is 0.191 e. The number of aryl methyl sites for hydroxylation is 3. The van der Waals surface area contributed by atoms with Crippen molar-refractivity contribution in [2.75, 3.05) is 19.6 Å². The van der Waals surface area contributed by atoms with Gasteiger partial charge in [-0.1, -0.05) is 36.2 Å². The lowest BCUT2D eigenvalue weighted by Crippen LogP contribution is -2.39. The highest BCUT2D eigenvalue weighted by Crippen LogP contribution is 2.09. The maximum atomic E-state index is 4.68. The Morgan fingerprint density at radius 2 is 1.88 bits per heavy atom.